The van der Waals surface area contributed by atoms with Crippen molar-refractivity contribution in [3.05, 3.63) is 66.5 Å². The molecule has 0 radical (unpaired) electrons. The lowest BCUT2D eigenvalue weighted by atomic mass is 10.0. The predicted octanol–water partition coefficient (Wildman–Crippen LogP) is 3.05. The van der Waals surface area contributed by atoms with E-state index in [1.165, 1.54) is 5.56 Å². The van der Waals surface area contributed by atoms with Crippen LogP contribution in [0, 0.1) is 0 Å². The second-order valence-corrected chi connectivity index (χ2v) is 6.79. The van der Waals surface area contributed by atoms with Gasteiger partial charge < -0.3 is 9.72 Å². The number of hydrogen-bond donors (Lipinski definition) is 1. The van der Waals surface area contributed by atoms with Gasteiger partial charge in [-0.15, -0.1) is 0 Å². The van der Waals surface area contributed by atoms with E-state index in [0.29, 0.717) is 6.54 Å². The molecule has 1 aromatic carbocycles. The van der Waals surface area contributed by atoms with Gasteiger partial charge in [0.15, 0.2) is 5.82 Å². The van der Waals surface area contributed by atoms with Gasteiger partial charge in [-0.25, -0.2) is 4.98 Å². The number of nitrogens with zero attached hydrogens (tertiary/aromatic N) is 3. The largest absolute Gasteiger partial charge is 0.305 e. The SMILES string of the molecule is O=C1C(CCCCc2ccccc2)NCCN1c1cn2ccccc2n1. The van der Waals surface area contributed by atoms with Gasteiger partial charge in [-0.3, -0.25) is 9.69 Å². The Morgan fingerprint density at radius 1 is 1.08 bits per heavy atom. The first kappa shape index (κ1) is 16.8. The van der Waals surface area contributed by atoms with Gasteiger partial charge in [0, 0.05) is 19.3 Å². The van der Waals surface area contributed by atoms with E-state index in [4.69, 9.17) is 0 Å². The highest BCUT2D eigenvalue weighted by Gasteiger charge is 2.30. The van der Waals surface area contributed by atoms with Gasteiger partial charge in [-0.1, -0.05) is 42.8 Å². The Morgan fingerprint density at radius 2 is 1.92 bits per heavy atom. The maximum Gasteiger partial charge on any atom is 0.245 e. The number of pyridine rings is 1. The summed E-state index contributed by atoms with van der Waals surface area (Å²) in [5, 5.41) is 3.38. The molecule has 4 rings (SSSR count). The predicted molar refractivity (Wildman–Crippen MR) is 103 cm³/mol. The fraction of sp³-hybridized carbons (Fsp3) is 0.333. The molecule has 2 aromatic heterocycles. The smallest absolute Gasteiger partial charge is 0.245 e. The highest BCUT2D eigenvalue weighted by atomic mass is 16.2. The molecule has 1 saturated heterocycles. The summed E-state index contributed by atoms with van der Waals surface area (Å²) < 4.78 is 1.96. The van der Waals surface area contributed by atoms with Crippen molar-refractivity contribution in [2.75, 3.05) is 18.0 Å². The first-order valence-electron chi connectivity index (χ1n) is 9.34. The van der Waals surface area contributed by atoms with Crippen LogP contribution in [0.3, 0.4) is 0 Å². The zero-order valence-electron chi connectivity index (χ0n) is 14.8. The standard InChI is InChI=1S/C21H24N4O/c26-21-18(11-5-4-10-17-8-2-1-3-9-17)22-13-15-25(21)20-16-24-14-7-6-12-19(24)23-20/h1-3,6-9,12,14,16,18,22H,4-5,10-11,13,15H2. The van der Waals surface area contributed by atoms with E-state index in [-0.39, 0.29) is 11.9 Å². The fourth-order valence-electron chi connectivity index (χ4n) is 3.56. The van der Waals surface area contributed by atoms with Gasteiger partial charge in [-0.05, 0) is 37.0 Å². The molecule has 3 aromatic rings. The molecule has 0 saturated carbocycles. The molecule has 1 unspecified atom stereocenters. The molecule has 1 atom stereocenters. The van der Waals surface area contributed by atoms with Gasteiger partial charge in [0.25, 0.3) is 0 Å². The average Bonchev–Trinajstić information content (AvgIpc) is 3.11. The maximum atomic E-state index is 12.9. The lowest BCUT2D eigenvalue weighted by molar-refractivity contribution is -0.121. The third-order valence-corrected chi connectivity index (χ3v) is 4.97. The highest BCUT2D eigenvalue weighted by Crippen LogP contribution is 2.19. The van der Waals surface area contributed by atoms with Crippen LogP contribution in [0.2, 0.25) is 0 Å². The quantitative estimate of drug-likeness (QED) is 0.697. The van der Waals surface area contributed by atoms with Crippen molar-refractivity contribution >= 4 is 17.4 Å². The number of aryl methyl sites for hydroxylation is 1. The van der Waals surface area contributed by atoms with Crippen LogP contribution < -0.4 is 10.2 Å². The summed E-state index contributed by atoms with van der Waals surface area (Å²) in [5.41, 5.74) is 2.23. The van der Waals surface area contributed by atoms with E-state index in [2.05, 4.69) is 34.6 Å². The molecule has 3 heterocycles. The highest BCUT2D eigenvalue weighted by molar-refractivity contribution is 5.97. The summed E-state index contributed by atoms with van der Waals surface area (Å²) in [4.78, 5) is 19.3. The average molecular weight is 348 g/mol. The van der Waals surface area contributed by atoms with Crippen LogP contribution in [0.15, 0.2) is 60.9 Å². The summed E-state index contributed by atoms with van der Waals surface area (Å²) in [7, 11) is 0. The summed E-state index contributed by atoms with van der Waals surface area (Å²) in [6.45, 7) is 1.48. The molecule has 134 valence electrons. The minimum absolute atomic E-state index is 0.107. The number of carbonyl (C=O) groups is 1. The number of fused-ring (bicyclic) bond motifs is 1. The summed E-state index contributed by atoms with van der Waals surface area (Å²) in [6, 6.07) is 16.3. The van der Waals surface area contributed by atoms with E-state index < -0.39 is 0 Å². The Labute approximate surface area is 153 Å². The van der Waals surface area contributed by atoms with Gasteiger partial charge in [0.2, 0.25) is 5.91 Å². The van der Waals surface area contributed by atoms with Crippen molar-refractivity contribution in [1.82, 2.24) is 14.7 Å². The van der Waals surface area contributed by atoms with Crippen molar-refractivity contribution in [3.63, 3.8) is 0 Å². The van der Waals surface area contributed by atoms with Crippen molar-refractivity contribution in [2.24, 2.45) is 0 Å². The number of nitrogens with one attached hydrogen (secondary N) is 1. The van der Waals surface area contributed by atoms with Gasteiger partial charge >= 0.3 is 0 Å². The van der Waals surface area contributed by atoms with Crippen molar-refractivity contribution in [2.45, 2.75) is 31.7 Å². The first-order chi connectivity index (χ1) is 12.8. The molecule has 5 heteroatoms. The number of amides is 1. The van der Waals surface area contributed by atoms with E-state index in [1.54, 1.807) is 0 Å². The first-order valence-corrected chi connectivity index (χ1v) is 9.34. The number of unbranched alkanes of at least 4 members (excludes halogenated alkanes) is 1. The van der Waals surface area contributed by atoms with E-state index in [1.807, 2.05) is 46.0 Å². The normalized spacial score (nSPS) is 17.8. The van der Waals surface area contributed by atoms with Crippen LogP contribution in [-0.4, -0.2) is 34.4 Å². The molecular weight excluding hydrogens is 324 g/mol. The molecule has 0 spiro atoms. The second-order valence-electron chi connectivity index (χ2n) is 6.79. The molecule has 1 aliphatic heterocycles. The fourth-order valence-corrected chi connectivity index (χ4v) is 3.56. The van der Waals surface area contributed by atoms with Crippen LogP contribution in [0.1, 0.15) is 24.8 Å². The van der Waals surface area contributed by atoms with Gasteiger partial charge in [-0.2, -0.15) is 0 Å². The third kappa shape index (κ3) is 3.63. The zero-order valence-corrected chi connectivity index (χ0v) is 14.8. The van der Waals surface area contributed by atoms with Crippen molar-refractivity contribution < 1.29 is 4.79 Å². The number of benzene rings is 1. The molecule has 5 nitrogen and oxygen atoms in total. The molecule has 1 amide bonds. The number of rotatable bonds is 6. The monoisotopic (exact) mass is 348 g/mol. The number of imidazole rings is 1. The summed E-state index contributed by atoms with van der Waals surface area (Å²) >= 11 is 0. The molecule has 0 bridgehead atoms. The third-order valence-electron chi connectivity index (χ3n) is 4.97. The topological polar surface area (TPSA) is 49.6 Å². The maximum absolute atomic E-state index is 12.9. The van der Waals surface area contributed by atoms with E-state index >= 15 is 0 Å². The number of anilines is 1. The Bertz CT molecular complexity index is 841. The zero-order chi connectivity index (χ0) is 17.8. The number of piperazine rings is 1. The molecule has 0 aliphatic carbocycles. The molecule has 1 N–H and O–H groups in total. The van der Waals surface area contributed by atoms with Crippen LogP contribution in [0.5, 0.6) is 0 Å². The minimum atomic E-state index is -0.107. The van der Waals surface area contributed by atoms with Gasteiger partial charge in [0.05, 0.1) is 12.2 Å². The number of aromatic nitrogens is 2. The van der Waals surface area contributed by atoms with Crippen LogP contribution >= 0.6 is 0 Å². The lowest BCUT2D eigenvalue weighted by Gasteiger charge is -2.31. The lowest BCUT2D eigenvalue weighted by Crippen LogP contribution is -2.55. The Kier molecular flexibility index (Phi) is 4.97. The van der Waals surface area contributed by atoms with Crippen LogP contribution in [0.25, 0.3) is 5.65 Å². The Hall–Kier alpha value is -2.66. The van der Waals surface area contributed by atoms with E-state index in [9.17, 15) is 4.79 Å². The molecule has 26 heavy (non-hydrogen) atoms. The van der Waals surface area contributed by atoms with Gasteiger partial charge in [0.1, 0.15) is 5.65 Å². The van der Waals surface area contributed by atoms with Crippen LogP contribution in [-0.2, 0) is 11.2 Å². The molecule has 1 fully saturated rings. The summed E-state index contributed by atoms with van der Waals surface area (Å²) in [6.07, 6.45) is 7.97. The second kappa shape index (κ2) is 7.70. The van der Waals surface area contributed by atoms with Crippen LogP contribution in [0.4, 0.5) is 5.82 Å². The van der Waals surface area contributed by atoms with Crippen molar-refractivity contribution in [3.8, 4) is 0 Å². The Balaban J connectivity index is 1.35. The number of hydrogen-bond acceptors (Lipinski definition) is 3. The van der Waals surface area contributed by atoms with Crippen molar-refractivity contribution in [1.29, 1.82) is 0 Å². The number of carbonyl (C=O) groups excluding carboxylic acids is 1. The van der Waals surface area contributed by atoms with E-state index in [0.717, 1.165) is 43.7 Å². The summed E-state index contributed by atoms with van der Waals surface area (Å²) in [5.74, 6) is 0.886. The molecule has 1 aliphatic rings. The minimum Gasteiger partial charge on any atom is -0.305 e. The Morgan fingerprint density at radius 3 is 2.77 bits per heavy atom. The molecular formula is C21H24N4O.